The largest absolute Gasteiger partial charge is 0.208 e. The van der Waals surface area contributed by atoms with Gasteiger partial charge in [-0.2, -0.15) is 0 Å². The van der Waals surface area contributed by atoms with Crippen LogP contribution in [0.15, 0.2) is 194 Å². The van der Waals surface area contributed by atoms with Gasteiger partial charge in [-0.15, -0.1) is 0 Å². The summed E-state index contributed by atoms with van der Waals surface area (Å²) < 4.78 is 0. The number of benzene rings is 9. The van der Waals surface area contributed by atoms with E-state index in [-0.39, 0.29) is 5.41 Å². The number of fused-ring (bicyclic) bond motifs is 7. The van der Waals surface area contributed by atoms with Crippen LogP contribution >= 0.6 is 0 Å². The van der Waals surface area contributed by atoms with Crippen LogP contribution in [0.25, 0.3) is 88.7 Å². The van der Waals surface area contributed by atoms with Crippen LogP contribution in [0.2, 0.25) is 0 Å². The van der Waals surface area contributed by atoms with E-state index in [4.69, 9.17) is 15.0 Å². The quantitative estimate of drug-likeness (QED) is 0.132. The van der Waals surface area contributed by atoms with E-state index >= 15 is 0 Å². The zero-order valence-corrected chi connectivity index (χ0v) is 30.8. The Hall–Kier alpha value is -7.23. The van der Waals surface area contributed by atoms with Gasteiger partial charge in [-0.25, -0.2) is 15.0 Å². The summed E-state index contributed by atoms with van der Waals surface area (Å²) in [5.74, 6) is 1.94. The summed E-state index contributed by atoms with van der Waals surface area (Å²) in [5, 5.41) is 7.47. The normalized spacial score (nSPS) is 14.6. The molecule has 0 N–H and O–H groups in total. The van der Waals surface area contributed by atoms with Gasteiger partial charge < -0.3 is 0 Å². The molecular weight excluding hydrogens is 679 g/mol. The van der Waals surface area contributed by atoms with Crippen molar-refractivity contribution in [3.05, 3.63) is 211 Å². The van der Waals surface area contributed by atoms with Crippen molar-refractivity contribution in [1.82, 2.24) is 15.0 Å². The minimum Gasteiger partial charge on any atom is -0.208 e. The van der Waals surface area contributed by atoms with Gasteiger partial charge in [0.05, 0.1) is 0 Å². The Labute approximate surface area is 325 Å². The molecule has 11 rings (SSSR count). The maximum absolute atomic E-state index is 5.19. The minimum atomic E-state index is -0.268. The van der Waals surface area contributed by atoms with Crippen LogP contribution in [-0.4, -0.2) is 15.0 Å². The summed E-state index contributed by atoms with van der Waals surface area (Å²) in [7, 11) is 0. The maximum atomic E-state index is 5.19. The number of hydrogen-bond donors (Lipinski definition) is 0. The molecule has 3 nitrogen and oxygen atoms in total. The predicted molar refractivity (Wildman–Crippen MR) is 232 cm³/mol. The topological polar surface area (TPSA) is 38.7 Å². The first-order chi connectivity index (χ1) is 27.6. The Morgan fingerprint density at radius 2 is 0.893 bits per heavy atom. The summed E-state index contributed by atoms with van der Waals surface area (Å²) in [4.78, 5) is 15.4. The second-order valence-electron chi connectivity index (χ2n) is 14.9. The van der Waals surface area contributed by atoms with Crippen LogP contribution in [-0.2, 0) is 5.41 Å². The molecule has 0 aliphatic heterocycles. The second kappa shape index (κ2) is 12.7. The van der Waals surface area contributed by atoms with Crippen molar-refractivity contribution in [3.8, 4) is 56.4 Å². The molecular formula is C53H35N3. The van der Waals surface area contributed by atoms with Crippen LogP contribution in [0.5, 0.6) is 0 Å². The molecule has 9 aromatic carbocycles. The molecule has 10 aromatic rings. The van der Waals surface area contributed by atoms with Gasteiger partial charge >= 0.3 is 0 Å². The average molecular weight is 714 g/mol. The van der Waals surface area contributed by atoms with Crippen molar-refractivity contribution in [2.24, 2.45) is 0 Å². The summed E-state index contributed by atoms with van der Waals surface area (Å²) >= 11 is 0. The minimum absolute atomic E-state index is 0.268. The molecule has 0 amide bonds. The predicted octanol–water partition coefficient (Wildman–Crippen LogP) is 13.3. The van der Waals surface area contributed by atoms with Crippen LogP contribution in [0, 0.1) is 0 Å². The fraction of sp³-hybridized carbons (Fsp3) is 0.0377. The molecule has 0 radical (unpaired) electrons. The third kappa shape index (κ3) is 5.02. The molecule has 0 saturated carbocycles. The SMILES string of the molecule is CC1(c2ccccc2)c2ccccc2-c2cc(-c3nc(-c4ccccc4)nc(-c4ccc(-c5c6ccccc6cc6c5ccc5ccccc56)cc4)n3)ccc21. The Kier molecular flexibility index (Phi) is 7.30. The van der Waals surface area contributed by atoms with Crippen molar-refractivity contribution >= 4 is 32.3 Å². The Bertz CT molecular complexity index is 3130. The smallest absolute Gasteiger partial charge is 0.164 e. The highest BCUT2D eigenvalue weighted by molar-refractivity contribution is 6.20. The zero-order valence-electron chi connectivity index (χ0n) is 30.8. The van der Waals surface area contributed by atoms with E-state index in [1.165, 1.54) is 65.7 Å². The first-order valence-corrected chi connectivity index (χ1v) is 19.2. The molecule has 1 heterocycles. The van der Waals surface area contributed by atoms with E-state index in [0.717, 1.165) is 22.3 Å². The van der Waals surface area contributed by atoms with E-state index in [9.17, 15) is 0 Å². The standard InChI is InChI=1S/C53H35N3/c1-53(40-18-6-3-7-19-40)47-23-13-12-22-43(47)46-33-39(29-31-48(46)53)52-55-50(36-15-4-2-5-16-36)54-51(56-52)37-26-24-35(25-27-37)49-42-21-11-9-17-38(42)32-45-41-20-10-8-14-34(41)28-30-44(45)49/h2-33H,1H3. The molecule has 0 spiro atoms. The van der Waals surface area contributed by atoms with Gasteiger partial charge in [0, 0.05) is 22.1 Å². The lowest BCUT2D eigenvalue weighted by atomic mass is 9.74. The summed E-state index contributed by atoms with van der Waals surface area (Å²) in [6.07, 6.45) is 0. The van der Waals surface area contributed by atoms with Crippen molar-refractivity contribution in [2.45, 2.75) is 12.3 Å². The molecule has 1 atom stereocenters. The van der Waals surface area contributed by atoms with Crippen molar-refractivity contribution in [3.63, 3.8) is 0 Å². The maximum Gasteiger partial charge on any atom is 0.164 e. The highest BCUT2D eigenvalue weighted by Crippen LogP contribution is 2.53. The zero-order chi connectivity index (χ0) is 37.2. The molecule has 1 aliphatic carbocycles. The summed E-state index contributed by atoms with van der Waals surface area (Å²) in [5.41, 5.74) is 11.3. The second-order valence-corrected chi connectivity index (χ2v) is 14.9. The molecule has 1 aromatic heterocycles. The fourth-order valence-corrected chi connectivity index (χ4v) is 8.99. The van der Waals surface area contributed by atoms with Crippen LogP contribution in [0.4, 0.5) is 0 Å². The van der Waals surface area contributed by atoms with E-state index in [1.54, 1.807) is 0 Å². The van der Waals surface area contributed by atoms with Crippen molar-refractivity contribution < 1.29 is 0 Å². The van der Waals surface area contributed by atoms with Gasteiger partial charge in [0.25, 0.3) is 0 Å². The van der Waals surface area contributed by atoms with Gasteiger partial charge in [0.2, 0.25) is 0 Å². The van der Waals surface area contributed by atoms with E-state index < -0.39 is 0 Å². The summed E-state index contributed by atoms with van der Waals surface area (Å²) in [6, 6.07) is 69.5. The lowest BCUT2D eigenvalue weighted by Gasteiger charge is -2.28. The van der Waals surface area contributed by atoms with Gasteiger partial charge in [0.15, 0.2) is 17.5 Å². The number of aromatic nitrogens is 3. The molecule has 3 heteroatoms. The number of rotatable bonds is 5. The molecule has 1 aliphatic rings. The van der Waals surface area contributed by atoms with Gasteiger partial charge in [-0.1, -0.05) is 182 Å². The third-order valence-electron chi connectivity index (χ3n) is 11.8. The van der Waals surface area contributed by atoms with Crippen LogP contribution in [0.3, 0.4) is 0 Å². The van der Waals surface area contributed by atoms with E-state index in [2.05, 4.69) is 183 Å². The molecule has 1 unspecified atom stereocenters. The first kappa shape index (κ1) is 32.2. The van der Waals surface area contributed by atoms with E-state index in [1.807, 2.05) is 18.2 Å². The average Bonchev–Trinajstić information content (AvgIpc) is 3.54. The number of hydrogen-bond acceptors (Lipinski definition) is 3. The molecule has 0 saturated heterocycles. The molecule has 262 valence electrons. The Morgan fingerprint density at radius 1 is 0.339 bits per heavy atom. The monoisotopic (exact) mass is 713 g/mol. The number of nitrogens with zero attached hydrogens (tertiary/aromatic N) is 3. The van der Waals surface area contributed by atoms with Gasteiger partial charge in [0.1, 0.15) is 0 Å². The van der Waals surface area contributed by atoms with Gasteiger partial charge in [-0.05, 0) is 90.3 Å². The molecule has 0 fully saturated rings. The first-order valence-electron chi connectivity index (χ1n) is 19.2. The Balaban J connectivity index is 1.06. The Morgan fingerprint density at radius 3 is 1.66 bits per heavy atom. The van der Waals surface area contributed by atoms with Crippen LogP contribution < -0.4 is 0 Å². The lowest BCUT2D eigenvalue weighted by molar-refractivity contribution is 0.714. The molecule has 56 heavy (non-hydrogen) atoms. The third-order valence-corrected chi connectivity index (χ3v) is 11.8. The van der Waals surface area contributed by atoms with E-state index in [0.29, 0.717) is 17.5 Å². The molecule has 0 bridgehead atoms. The van der Waals surface area contributed by atoms with Crippen LogP contribution in [0.1, 0.15) is 23.6 Å². The lowest BCUT2D eigenvalue weighted by Crippen LogP contribution is -2.22. The van der Waals surface area contributed by atoms with Crippen molar-refractivity contribution in [1.29, 1.82) is 0 Å². The van der Waals surface area contributed by atoms with Crippen molar-refractivity contribution in [2.75, 3.05) is 0 Å². The highest BCUT2D eigenvalue weighted by atomic mass is 15.0. The van der Waals surface area contributed by atoms with Gasteiger partial charge in [-0.3, -0.25) is 0 Å². The summed E-state index contributed by atoms with van der Waals surface area (Å²) in [6.45, 7) is 2.34. The highest BCUT2D eigenvalue weighted by Gasteiger charge is 2.40. The fourth-order valence-electron chi connectivity index (χ4n) is 8.99.